The molecule has 0 radical (unpaired) electrons. The first kappa shape index (κ1) is 15.1. The molecule has 0 aliphatic carbocycles. The first-order valence-electron chi connectivity index (χ1n) is 7.82. The molecule has 122 valence electrons. The molecule has 0 N–H and O–H groups in total. The first-order valence-corrected chi connectivity index (χ1v) is 9.65. The number of fused-ring (bicyclic) bond motifs is 1. The lowest BCUT2D eigenvalue weighted by atomic mass is 10.0. The van der Waals surface area contributed by atoms with Crippen molar-refractivity contribution in [1.82, 2.24) is 9.78 Å². The van der Waals surface area contributed by atoms with E-state index in [-0.39, 0.29) is 17.1 Å². The van der Waals surface area contributed by atoms with Crippen LogP contribution in [0.25, 0.3) is 22.0 Å². The van der Waals surface area contributed by atoms with Gasteiger partial charge in [0, 0.05) is 10.9 Å². The highest BCUT2D eigenvalue weighted by molar-refractivity contribution is 7.91. The van der Waals surface area contributed by atoms with Gasteiger partial charge < -0.3 is 0 Å². The van der Waals surface area contributed by atoms with Crippen molar-refractivity contribution in [2.24, 2.45) is 0 Å². The maximum Gasteiger partial charge on any atom is 0.274 e. The quantitative estimate of drug-likeness (QED) is 0.718. The molecule has 1 aliphatic heterocycles. The van der Waals surface area contributed by atoms with E-state index in [1.807, 2.05) is 48.5 Å². The fourth-order valence-corrected chi connectivity index (χ4v) is 4.92. The Morgan fingerprint density at radius 2 is 1.62 bits per heavy atom. The van der Waals surface area contributed by atoms with Gasteiger partial charge in [-0.2, -0.15) is 5.10 Å². The van der Waals surface area contributed by atoms with Gasteiger partial charge in [-0.05, 0) is 12.5 Å². The monoisotopic (exact) mass is 340 g/mol. The van der Waals surface area contributed by atoms with E-state index in [9.17, 15) is 13.2 Å². The summed E-state index contributed by atoms with van der Waals surface area (Å²) < 4.78 is 25.0. The Kier molecular flexibility index (Phi) is 3.49. The van der Waals surface area contributed by atoms with Crippen LogP contribution in [0.15, 0.2) is 59.4 Å². The summed E-state index contributed by atoms with van der Waals surface area (Å²) in [5.74, 6) is 0.0890. The summed E-state index contributed by atoms with van der Waals surface area (Å²) in [6, 6.07) is 16.6. The standard InChI is InChI=1S/C18H16N2O3S/c21-18-16-9-5-4-8-15(16)17(13-6-2-1-3-7-13)19-20(18)14-10-11-24(22,23)12-14/h1-9,14H,10-12H2. The Hall–Kier alpha value is -2.47. The second-order valence-corrected chi connectivity index (χ2v) is 8.30. The molecule has 2 heterocycles. The molecular formula is C18H16N2O3S. The van der Waals surface area contributed by atoms with Gasteiger partial charge in [-0.3, -0.25) is 4.79 Å². The van der Waals surface area contributed by atoms with Crippen LogP contribution in [0.3, 0.4) is 0 Å². The van der Waals surface area contributed by atoms with Crippen LogP contribution in [0.2, 0.25) is 0 Å². The molecule has 1 saturated heterocycles. The summed E-state index contributed by atoms with van der Waals surface area (Å²) in [6.07, 6.45) is 0.432. The van der Waals surface area contributed by atoms with Gasteiger partial charge in [0.05, 0.1) is 28.6 Å². The van der Waals surface area contributed by atoms with E-state index < -0.39 is 15.9 Å². The van der Waals surface area contributed by atoms with Crippen molar-refractivity contribution in [3.8, 4) is 11.3 Å². The topological polar surface area (TPSA) is 69.0 Å². The first-order chi connectivity index (χ1) is 11.6. The molecule has 4 rings (SSSR count). The summed E-state index contributed by atoms with van der Waals surface area (Å²) in [4.78, 5) is 12.8. The predicted molar refractivity (Wildman–Crippen MR) is 93.7 cm³/mol. The number of sulfone groups is 1. The van der Waals surface area contributed by atoms with Crippen molar-refractivity contribution >= 4 is 20.6 Å². The largest absolute Gasteiger partial charge is 0.274 e. The zero-order chi connectivity index (χ0) is 16.7. The van der Waals surface area contributed by atoms with Crippen molar-refractivity contribution in [3.05, 3.63) is 65.0 Å². The molecule has 1 unspecified atom stereocenters. The fourth-order valence-electron chi connectivity index (χ4n) is 3.23. The third-order valence-electron chi connectivity index (χ3n) is 4.43. The Morgan fingerprint density at radius 3 is 2.29 bits per heavy atom. The van der Waals surface area contributed by atoms with Crippen molar-refractivity contribution in [2.75, 3.05) is 11.5 Å². The van der Waals surface area contributed by atoms with Crippen LogP contribution in [0.1, 0.15) is 12.5 Å². The number of aromatic nitrogens is 2. The average Bonchev–Trinajstić information content (AvgIpc) is 2.96. The highest BCUT2D eigenvalue weighted by atomic mass is 32.2. The van der Waals surface area contributed by atoms with E-state index >= 15 is 0 Å². The fraction of sp³-hybridized carbons (Fsp3) is 0.222. The molecule has 0 spiro atoms. The van der Waals surface area contributed by atoms with Crippen molar-refractivity contribution in [2.45, 2.75) is 12.5 Å². The van der Waals surface area contributed by atoms with Gasteiger partial charge in [-0.1, -0.05) is 48.5 Å². The SMILES string of the molecule is O=c1c2ccccc2c(-c2ccccc2)nn1C1CCS(=O)(=O)C1. The molecule has 6 heteroatoms. The van der Waals surface area contributed by atoms with E-state index in [0.717, 1.165) is 10.9 Å². The molecule has 0 amide bonds. The molecule has 1 aromatic heterocycles. The number of nitrogens with zero attached hydrogens (tertiary/aromatic N) is 2. The lowest BCUT2D eigenvalue weighted by Gasteiger charge is -2.15. The number of benzene rings is 2. The third-order valence-corrected chi connectivity index (χ3v) is 6.18. The van der Waals surface area contributed by atoms with Crippen LogP contribution in [0, 0.1) is 0 Å². The molecule has 1 fully saturated rings. The molecule has 0 bridgehead atoms. The van der Waals surface area contributed by atoms with Crippen LogP contribution in [0.4, 0.5) is 0 Å². The lowest BCUT2D eigenvalue weighted by molar-refractivity contribution is 0.480. The van der Waals surface area contributed by atoms with E-state index in [0.29, 0.717) is 17.5 Å². The Morgan fingerprint density at radius 1 is 0.958 bits per heavy atom. The average molecular weight is 340 g/mol. The van der Waals surface area contributed by atoms with Gasteiger partial charge in [-0.25, -0.2) is 13.1 Å². The van der Waals surface area contributed by atoms with E-state index in [1.54, 1.807) is 6.07 Å². The minimum atomic E-state index is -3.09. The van der Waals surface area contributed by atoms with Gasteiger partial charge in [0.2, 0.25) is 0 Å². The Labute approximate surface area is 139 Å². The molecular weight excluding hydrogens is 324 g/mol. The second-order valence-electron chi connectivity index (χ2n) is 6.07. The lowest BCUT2D eigenvalue weighted by Crippen LogP contribution is -2.28. The van der Waals surface area contributed by atoms with Crippen molar-refractivity contribution in [1.29, 1.82) is 0 Å². The smallest absolute Gasteiger partial charge is 0.267 e. The van der Waals surface area contributed by atoms with Gasteiger partial charge in [-0.15, -0.1) is 0 Å². The molecule has 1 aliphatic rings. The zero-order valence-corrected chi connectivity index (χ0v) is 13.7. The molecule has 2 aromatic carbocycles. The highest BCUT2D eigenvalue weighted by Crippen LogP contribution is 2.27. The summed E-state index contributed by atoms with van der Waals surface area (Å²) >= 11 is 0. The molecule has 3 aromatic rings. The van der Waals surface area contributed by atoms with Crippen LogP contribution in [-0.2, 0) is 9.84 Å². The second kappa shape index (κ2) is 5.56. The maximum absolute atomic E-state index is 12.8. The molecule has 0 saturated carbocycles. The van der Waals surface area contributed by atoms with E-state index in [1.165, 1.54) is 4.68 Å². The van der Waals surface area contributed by atoms with Gasteiger partial charge in [0.1, 0.15) is 0 Å². The van der Waals surface area contributed by atoms with Crippen molar-refractivity contribution in [3.63, 3.8) is 0 Å². The Balaban J connectivity index is 1.99. The van der Waals surface area contributed by atoms with Gasteiger partial charge >= 0.3 is 0 Å². The summed E-state index contributed by atoms with van der Waals surface area (Å²) in [7, 11) is -3.09. The summed E-state index contributed by atoms with van der Waals surface area (Å²) in [5.41, 5.74) is 1.38. The normalized spacial score (nSPS) is 19.6. The van der Waals surface area contributed by atoms with Crippen LogP contribution < -0.4 is 5.56 Å². The maximum atomic E-state index is 12.8. The number of rotatable bonds is 2. The van der Waals surface area contributed by atoms with Gasteiger partial charge in [0.15, 0.2) is 9.84 Å². The summed E-state index contributed by atoms with van der Waals surface area (Å²) in [6.45, 7) is 0. The Bertz CT molecular complexity index is 1070. The molecule has 5 nitrogen and oxygen atoms in total. The molecule has 1 atom stereocenters. The third kappa shape index (κ3) is 2.53. The van der Waals surface area contributed by atoms with Crippen molar-refractivity contribution < 1.29 is 8.42 Å². The predicted octanol–water partition coefficient (Wildman–Crippen LogP) is 2.42. The minimum Gasteiger partial charge on any atom is -0.267 e. The van der Waals surface area contributed by atoms with Crippen LogP contribution in [-0.4, -0.2) is 29.7 Å². The van der Waals surface area contributed by atoms with Gasteiger partial charge in [0.25, 0.3) is 5.56 Å². The van der Waals surface area contributed by atoms with E-state index in [2.05, 4.69) is 5.10 Å². The number of hydrogen-bond acceptors (Lipinski definition) is 4. The highest BCUT2D eigenvalue weighted by Gasteiger charge is 2.31. The number of hydrogen-bond donors (Lipinski definition) is 0. The minimum absolute atomic E-state index is 0.0214. The summed E-state index contributed by atoms with van der Waals surface area (Å²) in [5, 5.41) is 5.91. The zero-order valence-electron chi connectivity index (χ0n) is 12.9. The van der Waals surface area contributed by atoms with Crippen LogP contribution >= 0.6 is 0 Å². The van der Waals surface area contributed by atoms with Crippen LogP contribution in [0.5, 0.6) is 0 Å². The molecule has 24 heavy (non-hydrogen) atoms. The van der Waals surface area contributed by atoms with E-state index in [4.69, 9.17) is 0 Å².